The Bertz CT molecular complexity index is 438. The van der Waals surface area contributed by atoms with Crippen molar-refractivity contribution in [1.29, 1.82) is 0 Å². The van der Waals surface area contributed by atoms with Crippen LogP contribution in [-0.4, -0.2) is 40.9 Å². The third-order valence-corrected chi connectivity index (χ3v) is 5.01. The first-order valence-electron chi connectivity index (χ1n) is 8.32. The van der Waals surface area contributed by atoms with Gasteiger partial charge in [-0.3, -0.25) is 4.68 Å². The van der Waals surface area contributed by atoms with Crippen LogP contribution in [0.5, 0.6) is 0 Å². The molecule has 0 amide bonds. The van der Waals surface area contributed by atoms with E-state index in [0.29, 0.717) is 0 Å². The lowest BCUT2D eigenvalue weighted by Crippen LogP contribution is -2.35. The van der Waals surface area contributed by atoms with Crippen molar-refractivity contribution in [3.8, 4) is 0 Å². The van der Waals surface area contributed by atoms with E-state index in [-0.39, 0.29) is 0 Å². The van der Waals surface area contributed by atoms with Gasteiger partial charge in [0, 0.05) is 32.2 Å². The number of aryl methyl sites for hydroxylation is 2. The fourth-order valence-electron chi connectivity index (χ4n) is 3.18. The fraction of sp³-hybridized carbons (Fsp3) is 0.812. The number of hydrogen-bond donors (Lipinski definition) is 1. The molecule has 0 unspecified atom stereocenters. The summed E-state index contributed by atoms with van der Waals surface area (Å²) in [6, 6.07) is 0.795. The molecule has 1 heterocycles. The number of hydrogen-bond acceptors (Lipinski definition) is 3. The molecule has 1 fully saturated rings. The van der Waals surface area contributed by atoms with E-state index in [1.807, 2.05) is 4.68 Å². The predicted molar refractivity (Wildman–Crippen MR) is 88.9 cm³/mol. The molecule has 1 N–H and O–H groups in total. The highest BCUT2D eigenvalue weighted by atomic mass is 35.5. The van der Waals surface area contributed by atoms with Crippen LogP contribution in [0.15, 0.2) is 0 Å². The summed E-state index contributed by atoms with van der Waals surface area (Å²) in [5, 5.41) is 8.92. The highest BCUT2D eigenvalue weighted by molar-refractivity contribution is 6.31. The first-order chi connectivity index (χ1) is 10.2. The highest BCUT2D eigenvalue weighted by Gasteiger charge is 2.19. The summed E-state index contributed by atoms with van der Waals surface area (Å²) in [5.41, 5.74) is 2.14. The van der Waals surface area contributed by atoms with Gasteiger partial charge < -0.3 is 10.2 Å². The lowest BCUT2D eigenvalue weighted by molar-refractivity contribution is 0.245. The first-order valence-corrected chi connectivity index (χ1v) is 8.70. The van der Waals surface area contributed by atoms with Crippen molar-refractivity contribution in [2.75, 3.05) is 20.1 Å². The van der Waals surface area contributed by atoms with E-state index in [1.54, 1.807) is 0 Å². The Morgan fingerprint density at radius 3 is 2.67 bits per heavy atom. The van der Waals surface area contributed by atoms with Crippen molar-refractivity contribution in [2.45, 2.75) is 65.1 Å². The second-order valence-electron chi connectivity index (χ2n) is 5.97. The van der Waals surface area contributed by atoms with Gasteiger partial charge in [-0.1, -0.05) is 31.4 Å². The summed E-state index contributed by atoms with van der Waals surface area (Å²) in [4.78, 5) is 2.50. The van der Waals surface area contributed by atoms with Crippen molar-refractivity contribution in [1.82, 2.24) is 20.0 Å². The van der Waals surface area contributed by atoms with Crippen LogP contribution in [0.1, 0.15) is 50.9 Å². The maximum Gasteiger partial charge on any atom is 0.0863 e. The quantitative estimate of drug-likeness (QED) is 0.749. The molecule has 1 saturated carbocycles. The fourth-order valence-corrected chi connectivity index (χ4v) is 3.51. The summed E-state index contributed by atoms with van der Waals surface area (Å²) >= 11 is 6.42. The molecular weight excluding hydrogens is 284 g/mol. The van der Waals surface area contributed by atoms with Crippen molar-refractivity contribution in [2.24, 2.45) is 0 Å². The van der Waals surface area contributed by atoms with Crippen molar-refractivity contribution < 1.29 is 0 Å². The predicted octanol–water partition coefficient (Wildman–Crippen LogP) is 3.08. The molecular formula is C16H29ClN4. The maximum absolute atomic E-state index is 6.42. The standard InChI is InChI=1S/C16H29ClN4/c1-4-14-16(17)15(21(5-2)19-14)12-18-10-11-20(3)13-8-6-7-9-13/h13,18H,4-12H2,1-3H3. The molecule has 0 aromatic carbocycles. The summed E-state index contributed by atoms with van der Waals surface area (Å²) in [6.45, 7) is 7.99. The summed E-state index contributed by atoms with van der Waals surface area (Å²) in [6.07, 6.45) is 6.42. The van der Waals surface area contributed by atoms with Crippen molar-refractivity contribution in [3.63, 3.8) is 0 Å². The molecule has 1 aliphatic carbocycles. The van der Waals surface area contributed by atoms with Gasteiger partial charge in [0.05, 0.1) is 16.4 Å². The third-order valence-electron chi connectivity index (χ3n) is 4.58. The zero-order valence-electron chi connectivity index (χ0n) is 13.7. The average Bonchev–Trinajstić information content (AvgIpc) is 3.12. The monoisotopic (exact) mass is 312 g/mol. The molecule has 5 heteroatoms. The van der Waals surface area contributed by atoms with Gasteiger partial charge in [-0.15, -0.1) is 0 Å². The Morgan fingerprint density at radius 2 is 2.05 bits per heavy atom. The average molecular weight is 313 g/mol. The molecule has 4 nitrogen and oxygen atoms in total. The molecule has 1 aromatic heterocycles. The van der Waals surface area contributed by atoms with Gasteiger partial charge in [0.15, 0.2) is 0 Å². The van der Waals surface area contributed by atoms with Crippen LogP contribution in [0.3, 0.4) is 0 Å². The van der Waals surface area contributed by atoms with E-state index in [0.717, 1.165) is 55.1 Å². The minimum atomic E-state index is 0.795. The molecule has 0 atom stereocenters. The first kappa shape index (κ1) is 16.8. The molecule has 1 aliphatic rings. The van der Waals surface area contributed by atoms with Crippen LogP contribution in [0.4, 0.5) is 0 Å². The van der Waals surface area contributed by atoms with Crippen LogP contribution in [0, 0.1) is 0 Å². The van der Waals surface area contributed by atoms with Crippen LogP contribution in [-0.2, 0) is 19.5 Å². The Hall–Kier alpha value is -0.580. The normalized spacial score (nSPS) is 16.2. The number of halogens is 1. The van der Waals surface area contributed by atoms with Gasteiger partial charge in [0.1, 0.15) is 0 Å². The zero-order valence-corrected chi connectivity index (χ0v) is 14.4. The number of rotatable bonds is 8. The van der Waals surface area contributed by atoms with Gasteiger partial charge in [0.2, 0.25) is 0 Å². The molecule has 0 bridgehead atoms. The Balaban J connectivity index is 1.79. The van der Waals surface area contributed by atoms with E-state index in [4.69, 9.17) is 11.6 Å². The smallest absolute Gasteiger partial charge is 0.0863 e. The SMILES string of the molecule is CCc1nn(CC)c(CNCCN(C)C2CCCC2)c1Cl. The second kappa shape index (κ2) is 8.16. The third kappa shape index (κ3) is 4.21. The van der Waals surface area contributed by atoms with Crippen molar-refractivity contribution in [3.05, 3.63) is 16.4 Å². The Kier molecular flexibility index (Phi) is 6.52. The molecule has 2 rings (SSSR count). The number of aromatic nitrogens is 2. The number of nitrogens with zero attached hydrogens (tertiary/aromatic N) is 3. The van der Waals surface area contributed by atoms with Gasteiger partial charge in [-0.25, -0.2) is 0 Å². The minimum Gasteiger partial charge on any atom is -0.310 e. The molecule has 0 aliphatic heterocycles. The maximum atomic E-state index is 6.42. The molecule has 0 radical (unpaired) electrons. The topological polar surface area (TPSA) is 33.1 Å². The summed E-state index contributed by atoms with van der Waals surface area (Å²) in [7, 11) is 2.25. The largest absolute Gasteiger partial charge is 0.310 e. The van der Waals surface area contributed by atoms with E-state index >= 15 is 0 Å². The van der Waals surface area contributed by atoms with Crippen LogP contribution in [0.2, 0.25) is 5.02 Å². The lowest BCUT2D eigenvalue weighted by Gasteiger charge is -2.24. The van der Waals surface area contributed by atoms with Crippen LogP contribution in [0.25, 0.3) is 0 Å². The summed E-state index contributed by atoms with van der Waals surface area (Å²) < 4.78 is 2.02. The zero-order chi connectivity index (χ0) is 15.2. The molecule has 21 heavy (non-hydrogen) atoms. The Labute approximate surface area is 133 Å². The van der Waals surface area contributed by atoms with Crippen molar-refractivity contribution >= 4 is 11.6 Å². The molecule has 0 saturated heterocycles. The number of likely N-dealkylation sites (N-methyl/N-ethyl adjacent to an activating group) is 1. The molecule has 0 spiro atoms. The van der Waals surface area contributed by atoms with E-state index in [1.165, 1.54) is 25.7 Å². The van der Waals surface area contributed by atoms with Gasteiger partial charge in [0.25, 0.3) is 0 Å². The molecule has 120 valence electrons. The highest BCUT2D eigenvalue weighted by Crippen LogP contribution is 2.22. The van der Waals surface area contributed by atoms with Crippen LogP contribution >= 0.6 is 11.6 Å². The molecule has 1 aromatic rings. The van der Waals surface area contributed by atoms with Gasteiger partial charge >= 0.3 is 0 Å². The lowest BCUT2D eigenvalue weighted by atomic mass is 10.2. The van der Waals surface area contributed by atoms with E-state index in [2.05, 4.69) is 36.2 Å². The van der Waals surface area contributed by atoms with Crippen LogP contribution < -0.4 is 5.32 Å². The van der Waals surface area contributed by atoms with Gasteiger partial charge in [-0.2, -0.15) is 5.10 Å². The minimum absolute atomic E-state index is 0.795. The second-order valence-corrected chi connectivity index (χ2v) is 6.35. The van der Waals surface area contributed by atoms with Gasteiger partial charge in [-0.05, 0) is 33.2 Å². The summed E-state index contributed by atoms with van der Waals surface area (Å²) in [5.74, 6) is 0. The number of nitrogens with one attached hydrogen (secondary N) is 1. The van der Waals surface area contributed by atoms with E-state index < -0.39 is 0 Å². The Morgan fingerprint density at radius 1 is 1.33 bits per heavy atom. The van der Waals surface area contributed by atoms with E-state index in [9.17, 15) is 0 Å².